The van der Waals surface area contributed by atoms with E-state index in [2.05, 4.69) is 68.1 Å². The summed E-state index contributed by atoms with van der Waals surface area (Å²) in [4.78, 5) is 2.63. The van der Waals surface area contributed by atoms with Gasteiger partial charge in [-0.3, -0.25) is 0 Å². The molecule has 1 heteroatoms. The van der Waals surface area contributed by atoms with Crippen molar-refractivity contribution in [3.63, 3.8) is 0 Å². The molecule has 3 atom stereocenters. The van der Waals surface area contributed by atoms with Gasteiger partial charge >= 0.3 is 0 Å². The largest absolute Gasteiger partial charge is 0.303 e. The first-order valence-corrected chi connectivity index (χ1v) is 9.06. The summed E-state index contributed by atoms with van der Waals surface area (Å²) in [6, 6.07) is 16.4. The van der Waals surface area contributed by atoms with Gasteiger partial charge in [-0.05, 0) is 56.0 Å². The number of hydrogen-bond donors (Lipinski definition) is 0. The van der Waals surface area contributed by atoms with Crippen molar-refractivity contribution < 1.29 is 0 Å². The summed E-state index contributed by atoms with van der Waals surface area (Å²) in [6.45, 7) is 10.4. The van der Waals surface area contributed by atoms with Gasteiger partial charge in [0.1, 0.15) is 0 Å². The zero-order valence-electron chi connectivity index (χ0n) is 14.5. The Bertz CT molecular complexity index is 718. The fraction of sp³-hybridized carbons (Fsp3) is 0.455. The van der Waals surface area contributed by atoms with Gasteiger partial charge in [-0.2, -0.15) is 0 Å². The summed E-state index contributed by atoms with van der Waals surface area (Å²) in [5.41, 5.74) is 7.52. The SMILES string of the molecule is CCN1CC[C@H]2[C@H](c3cccc(C)c3)c3cc(C)ccc3[C@H]2C1. The zero-order chi connectivity index (χ0) is 16.0. The predicted molar refractivity (Wildman–Crippen MR) is 97.2 cm³/mol. The standard InChI is InChI=1S/C22H27N/c1-4-23-11-10-19-21(14-23)18-9-8-16(3)13-20(18)22(19)17-7-5-6-15(2)12-17/h5-9,12-13,19,21-22H,4,10-11,14H2,1-3H3/t19-,21-,22+/m1/s1. The van der Waals surface area contributed by atoms with Crippen molar-refractivity contribution in [1.29, 1.82) is 0 Å². The molecule has 2 aromatic carbocycles. The van der Waals surface area contributed by atoms with Crippen LogP contribution in [0.5, 0.6) is 0 Å². The van der Waals surface area contributed by atoms with Crippen LogP contribution in [0.1, 0.15) is 53.0 Å². The molecule has 1 saturated heterocycles. The molecule has 1 fully saturated rings. The average molecular weight is 305 g/mol. The molecule has 23 heavy (non-hydrogen) atoms. The van der Waals surface area contributed by atoms with E-state index in [0.717, 1.165) is 5.92 Å². The second-order valence-corrected chi connectivity index (χ2v) is 7.48. The second-order valence-electron chi connectivity index (χ2n) is 7.48. The van der Waals surface area contributed by atoms with Gasteiger partial charge in [0.2, 0.25) is 0 Å². The summed E-state index contributed by atoms with van der Waals surface area (Å²) in [5, 5.41) is 0. The highest BCUT2D eigenvalue weighted by Gasteiger charge is 2.43. The first kappa shape index (κ1) is 15.0. The molecule has 2 aromatic rings. The summed E-state index contributed by atoms with van der Waals surface area (Å²) in [7, 11) is 0. The average Bonchev–Trinajstić information content (AvgIpc) is 2.87. The number of piperidine rings is 1. The lowest BCUT2D eigenvalue weighted by Crippen LogP contribution is -2.38. The van der Waals surface area contributed by atoms with E-state index in [1.54, 1.807) is 11.1 Å². The van der Waals surface area contributed by atoms with E-state index < -0.39 is 0 Å². The van der Waals surface area contributed by atoms with Crippen molar-refractivity contribution in [1.82, 2.24) is 4.90 Å². The molecular formula is C22H27N. The van der Waals surface area contributed by atoms with Crippen LogP contribution < -0.4 is 0 Å². The number of likely N-dealkylation sites (tertiary alicyclic amines) is 1. The minimum absolute atomic E-state index is 0.591. The first-order chi connectivity index (χ1) is 11.2. The van der Waals surface area contributed by atoms with E-state index in [1.807, 2.05) is 0 Å². The zero-order valence-corrected chi connectivity index (χ0v) is 14.5. The van der Waals surface area contributed by atoms with Crippen LogP contribution >= 0.6 is 0 Å². The molecule has 0 spiro atoms. The number of fused-ring (bicyclic) bond motifs is 3. The van der Waals surface area contributed by atoms with Crippen LogP contribution in [0.25, 0.3) is 0 Å². The van der Waals surface area contributed by atoms with E-state index in [4.69, 9.17) is 0 Å². The minimum atomic E-state index is 0.591. The molecule has 2 aliphatic rings. The molecule has 0 N–H and O–H groups in total. The van der Waals surface area contributed by atoms with Crippen molar-refractivity contribution in [2.75, 3.05) is 19.6 Å². The molecule has 0 saturated carbocycles. The van der Waals surface area contributed by atoms with Crippen LogP contribution in [-0.4, -0.2) is 24.5 Å². The fourth-order valence-corrected chi connectivity index (χ4v) is 4.87. The normalized spacial score (nSPS) is 26.8. The van der Waals surface area contributed by atoms with Gasteiger partial charge < -0.3 is 4.90 Å². The molecule has 1 aliphatic carbocycles. The highest BCUT2D eigenvalue weighted by Crippen LogP contribution is 2.53. The number of aryl methyl sites for hydroxylation is 2. The third-order valence-corrected chi connectivity index (χ3v) is 6.00. The molecule has 0 aromatic heterocycles. The van der Waals surface area contributed by atoms with Crippen LogP contribution in [0, 0.1) is 19.8 Å². The van der Waals surface area contributed by atoms with Crippen LogP contribution in [0.3, 0.4) is 0 Å². The molecule has 120 valence electrons. The summed E-state index contributed by atoms with van der Waals surface area (Å²) < 4.78 is 0. The Hall–Kier alpha value is -1.60. The molecular weight excluding hydrogens is 278 g/mol. The molecule has 0 amide bonds. The van der Waals surface area contributed by atoms with E-state index in [0.29, 0.717) is 11.8 Å². The quantitative estimate of drug-likeness (QED) is 0.765. The van der Waals surface area contributed by atoms with Crippen LogP contribution in [0.4, 0.5) is 0 Å². The van der Waals surface area contributed by atoms with Crippen LogP contribution in [-0.2, 0) is 0 Å². The third-order valence-electron chi connectivity index (χ3n) is 6.00. The lowest BCUT2D eigenvalue weighted by molar-refractivity contribution is 0.167. The van der Waals surface area contributed by atoms with Gasteiger partial charge in [-0.25, -0.2) is 0 Å². The van der Waals surface area contributed by atoms with Crippen molar-refractivity contribution in [2.24, 2.45) is 5.92 Å². The number of rotatable bonds is 2. The number of likely N-dealkylation sites (N-methyl/N-ethyl adjacent to an activating group) is 1. The Balaban J connectivity index is 1.81. The molecule has 4 rings (SSSR count). The van der Waals surface area contributed by atoms with Gasteiger partial charge in [0.05, 0.1) is 0 Å². The van der Waals surface area contributed by atoms with Crippen LogP contribution in [0.15, 0.2) is 42.5 Å². The topological polar surface area (TPSA) is 3.24 Å². The predicted octanol–water partition coefficient (Wildman–Crippen LogP) is 4.87. The van der Waals surface area contributed by atoms with Gasteiger partial charge in [0.25, 0.3) is 0 Å². The monoisotopic (exact) mass is 305 g/mol. The Morgan fingerprint density at radius 1 is 1.00 bits per heavy atom. The van der Waals surface area contributed by atoms with Crippen molar-refractivity contribution >= 4 is 0 Å². The smallest absolute Gasteiger partial charge is 0.0127 e. The number of nitrogens with zero attached hydrogens (tertiary/aromatic N) is 1. The summed E-state index contributed by atoms with van der Waals surface area (Å²) in [6.07, 6.45) is 1.32. The maximum absolute atomic E-state index is 2.63. The van der Waals surface area contributed by atoms with E-state index in [-0.39, 0.29) is 0 Å². The first-order valence-electron chi connectivity index (χ1n) is 9.06. The van der Waals surface area contributed by atoms with Gasteiger partial charge in [0.15, 0.2) is 0 Å². The Morgan fingerprint density at radius 2 is 1.83 bits per heavy atom. The molecule has 1 aliphatic heterocycles. The van der Waals surface area contributed by atoms with Gasteiger partial charge in [-0.1, -0.05) is 60.5 Å². The van der Waals surface area contributed by atoms with Gasteiger partial charge in [0, 0.05) is 18.4 Å². The molecule has 0 bridgehead atoms. The Morgan fingerprint density at radius 3 is 2.61 bits per heavy atom. The third kappa shape index (κ3) is 2.52. The van der Waals surface area contributed by atoms with E-state index >= 15 is 0 Å². The highest BCUT2D eigenvalue weighted by atomic mass is 15.1. The van der Waals surface area contributed by atoms with Crippen molar-refractivity contribution in [3.05, 3.63) is 70.3 Å². The maximum atomic E-state index is 2.63. The molecule has 0 unspecified atom stereocenters. The van der Waals surface area contributed by atoms with Crippen molar-refractivity contribution in [2.45, 2.75) is 39.0 Å². The fourth-order valence-electron chi connectivity index (χ4n) is 4.87. The van der Waals surface area contributed by atoms with Gasteiger partial charge in [-0.15, -0.1) is 0 Å². The van der Waals surface area contributed by atoms with E-state index in [1.165, 1.54) is 42.7 Å². The number of benzene rings is 2. The summed E-state index contributed by atoms with van der Waals surface area (Å²) in [5.74, 6) is 2.08. The van der Waals surface area contributed by atoms with Crippen LogP contribution in [0.2, 0.25) is 0 Å². The van der Waals surface area contributed by atoms with Crippen molar-refractivity contribution in [3.8, 4) is 0 Å². The maximum Gasteiger partial charge on any atom is 0.0127 e. The number of hydrogen-bond acceptors (Lipinski definition) is 1. The minimum Gasteiger partial charge on any atom is -0.303 e. The molecule has 1 heterocycles. The highest BCUT2D eigenvalue weighted by molar-refractivity contribution is 5.49. The molecule has 1 nitrogen and oxygen atoms in total. The molecule has 0 radical (unpaired) electrons. The van der Waals surface area contributed by atoms with E-state index in [9.17, 15) is 0 Å². The second kappa shape index (κ2) is 5.79. The Labute approximate surface area is 140 Å². The summed E-state index contributed by atoms with van der Waals surface area (Å²) >= 11 is 0. The lowest BCUT2D eigenvalue weighted by atomic mass is 9.78. The lowest BCUT2D eigenvalue weighted by Gasteiger charge is -2.37. The Kier molecular flexibility index (Phi) is 3.77.